The predicted molar refractivity (Wildman–Crippen MR) is 140 cm³/mol. The summed E-state index contributed by atoms with van der Waals surface area (Å²) in [6.07, 6.45) is 8.65. The molecule has 4 saturated carbocycles. The van der Waals surface area contributed by atoms with Crippen LogP contribution in [-0.2, 0) is 16.6 Å². The van der Waals surface area contributed by atoms with Gasteiger partial charge in [-0.1, -0.05) is 18.2 Å². The van der Waals surface area contributed by atoms with Crippen LogP contribution in [0.5, 0.6) is 11.5 Å². The van der Waals surface area contributed by atoms with Crippen LogP contribution in [0.15, 0.2) is 36.4 Å². The van der Waals surface area contributed by atoms with E-state index < -0.39 is 0 Å². The van der Waals surface area contributed by atoms with Crippen molar-refractivity contribution in [3.05, 3.63) is 53.1 Å². The van der Waals surface area contributed by atoms with E-state index in [2.05, 4.69) is 46.6 Å². The second kappa shape index (κ2) is 7.20. The molecule has 0 unspecified atom stereocenters. The highest BCUT2D eigenvalue weighted by Gasteiger charge is 2.80. The number of rotatable bonds is 6. The maximum atomic E-state index is 7.17. The van der Waals surface area contributed by atoms with E-state index in [4.69, 9.17) is 14.2 Å². The van der Waals surface area contributed by atoms with Crippen molar-refractivity contribution in [1.82, 2.24) is 4.90 Å². The summed E-state index contributed by atoms with van der Waals surface area (Å²) in [5.41, 5.74) is 5.44. The molecule has 5 heteroatoms. The summed E-state index contributed by atoms with van der Waals surface area (Å²) in [6, 6.07) is 14.2. The van der Waals surface area contributed by atoms with Crippen LogP contribution < -0.4 is 14.8 Å². The number of likely N-dealkylation sites (tertiary alicyclic amines) is 1. The lowest BCUT2D eigenvalue weighted by atomic mass is 9.34. The minimum atomic E-state index is -0.329. The summed E-state index contributed by atoms with van der Waals surface area (Å²) in [4.78, 5) is 2.91. The first kappa shape index (κ1) is 21.8. The van der Waals surface area contributed by atoms with Crippen molar-refractivity contribution in [3.8, 4) is 11.5 Å². The van der Waals surface area contributed by atoms with Gasteiger partial charge in [0.2, 0.25) is 0 Å². The fraction of sp³-hybridized carbons (Fsp3) is 0.613. The van der Waals surface area contributed by atoms with Crippen LogP contribution in [0.4, 0.5) is 5.69 Å². The lowest BCUT2D eigenvalue weighted by molar-refractivity contribution is -0.261. The zero-order valence-electron chi connectivity index (χ0n) is 21.8. The van der Waals surface area contributed by atoms with Gasteiger partial charge >= 0.3 is 0 Å². The van der Waals surface area contributed by atoms with E-state index in [1.807, 2.05) is 14.2 Å². The molecule has 0 aromatic heterocycles. The first-order valence-electron chi connectivity index (χ1n) is 14.0. The summed E-state index contributed by atoms with van der Waals surface area (Å²) < 4.78 is 19.8. The molecule has 2 aliphatic heterocycles. The Kier molecular flexibility index (Phi) is 4.36. The lowest BCUT2D eigenvalue weighted by Crippen LogP contribution is -2.80. The first-order valence-corrected chi connectivity index (χ1v) is 14.0. The molecule has 2 aromatic rings. The van der Waals surface area contributed by atoms with Gasteiger partial charge in [-0.2, -0.15) is 0 Å². The van der Waals surface area contributed by atoms with Gasteiger partial charge in [-0.25, -0.2) is 0 Å². The molecule has 0 amide bonds. The molecule has 190 valence electrons. The average molecular weight is 487 g/mol. The SMILES string of the molecule is CNc1ccc([C@H]2C[C@@]34CC[C@]2(OC)[C@@H]2Oc5c(OC)ccc6c5[C@@]23CCN(CC2CC2)[C@@H]4C6)cc1. The molecule has 1 N–H and O–H groups in total. The van der Waals surface area contributed by atoms with Crippen molar-refractivity contribution in [1.29, 1.82) is 0 Å². The van der Waals surface area contributed by atoms with Gasteiger partial charge < -0.3 is 19.5 Å². The van der Waals surface area contributed by atoms with Gasteiger partial charge in [-0.3, -0.25) is 4.90 Å². The second-order valence-electron chi connectivity index (χ2n) is 12.5. The quantitative estimate of drug-likeness (QED) is 0.613. The topological polar surface area (TPSA) is 43.0 Å². The molecule has 2 heterocycles. The van der Waals surface area contributed by atoms with Crippen LogP contribution in [0.3, 0.4) is 0 Å². The van der Waals surface area contributed by atoms with E-state index in [0.717, 1.165) is 35.9 Å². The fourth-order valence-corrected chi connectivity index (χ4v) is 9.82. The van der Waals surface area contributed by atoms with E-state index in [1.54, 1.807) is 7.11 Å². The van der Waals surface area contributed by atoms with E-state index in [1.165, 1.54) is 61.9 Å². The van der Waals surface area contributed by atoms with E-state index in [9.17, 15) is 0 Å². The molecule has 6 atom stereocenters. The molecular weight excluding hydrogens is 448 g/mol. The Balaban J connectivity index is 1.35. The standard InChI is InChI=1S/C31H38N2O3/c1-32-22-9-6-20(7-10-22)23-17-29-12-13-31(23,35-3)28-30(29)14-15-33(18-19-4-5-19)25(29)16-21-8-11-24(34-2)27(36-28)26(21)30/h6-11,19,23,25,28,32H,4-5,12-18H2,1-3H3/t23-,25-,28-,29-,30+,31-/m1/s1. The van der Waals surface area contributed by atoms with Gasteiger partial charge in [0.05, 0.1) is 7.11 Å². The number of hydrogen-bond donors (Lipinski definition) is 1. The summed E-state index contributed by atoms with van der Waals surface area (Å²) in [6.45, 7) is 2.46. The van der Waals surface area contributed by atoms with Crippen molar-refractivity contribution >= 4 is 5.69 Å². The number of hydrogen-bond acceptors (Lipinski definition) is 5. The van der Waals surface area contributed by atoms with Crippen molar-refractivity contribution < 1.29 is 14.2 Å². The molecule has 5 nitrogen and oxygen atoms in total. The van der Waals surface area contributed by atoms with Crippen LogP contribution in [0.25, 0.3) is 0 Å². The molecule has 0 radical (unpaired) electrons. The lowest BCUT2D eigenvalue weighted by Gasteiger charge is -2.74. The van der Waals surface area contributed by atoms with Gasteiger partial charge in [0, 0.05) is 54.7 Å². The molecule has 5 fully saturated rings. The minimum absolute atomic E-state index is 0.0187. The Hall–Kier alpha value is -2.24. The number of fused-ring (bicyclic) bond motifs is 2. The molecule has 9 rings (SSSR count). The Morgan fingerprint density at radius 2 is 1.89 bits per heavy atom. The van der Waals surface area contributed by atoms with E-state index in [0.29, 0.717) is 12.0 Å². The highest BCUT2D eigenvalue weighted by atomic mass is 16.6. The highest BCUT2D eigenvalue weighted by Crippen LogP contribution is 2.78. The second-order valence-corrected chi connectivity index (χ2v) is 12.5. The maximum Gasteiger partial charge on any atom is 0.165 e. The number of ether oxygens (including phenoxy) is 3. The van der Waals surface area contributed by atoms with Crippen molar-refractivity contribution in [2.24, 2.45) is 11.3 Å². The Morgan fingerprint density at radius 3 is 2.61 bits per heavy atom. The zero-order valence-corrected chi connectivity index (χ0v) is 21.8. The van der Waals surface area contributed by atoms with Gasteiger partial charge in [-0.05, 0) is 86.7 Å². The number of methoxy groups -OCH3 is 2. The fourth-order valence-electron chi connectivity index (χ4n) is 9.82. The molecular formula is C31H38N2O3. The normalized spacial score (nSPS) is 39.5. The van der Waals surface area contributed by atoms with Gasteiger partial charge in [0.25, 0.3) is 0 Å². The molecule has 7 aliphatic rings. The Bertz CT molecular complexity index is 1230. The molecule has 5 aliphatic carbocycles. The minimum Gasteiger partial charge on any atom is -0.493 e. The average Bonchev–Trinajstić information content (AvgIpc) is 3.67. The van der Waals surface area contributed by atoms with Crippen LogP contribution >= 0.6 is 0 Å². The molecule has 2 aromatic carbocycles. The van der Waals surface area contributed by atoms with Crippen LogP contribution in [-0.4, -0.2) is 57.0 Å². The number of nitrogens with one attached hydrogen (secondary N) is 1. The molecule has 4 bridgehead atoms. The van der Waals surface area contributed by atoms with Gasteiger partial charge in [-0.15, -0.1) is 0 Å². The monoisotopic (exact) mass is 486 g/mol. The Morgan fingerprint density at radius 1 is 1.06 bits per heavy atom. The van der Waals surface area contributed by atoms with Crippen LogP contribution in [0.2, 0.25) is 0 Å². The van der Waals surface area contributed by atoms with E-state index in [-0.39, 0.29) is 22.5 Å². The zero-order chi connectivity index (χ0) is 24.3. The summed E-state index contributed by atoms with van der Waals surface area (Å²) in [5.74, 6) is 3.15. The maximum absolute atomic E-state index is 7.17. The highest BCUT2D eigenvalue weighted by molar-refractivity contribution is 5.64. The van der Waals surface area contributed by atoms with Crippen LogP contribution in [0.1, 0.15) is 61.1 Å². The summed E-state index contributed by atoms with van der Waals surface area (Å²) >= 11 is 0. The number of nitrogens with zero attached hydrogens (tertiary/aromatic N) is 1. The number of benzene rings is 2. The summed E-state index contributed by atoms with van der Waals surface area (Å²) in [5, 5.41) is 3.29. The smallest absolute Gasteiger partial charge is 0.165 e. The number of anilines is 1. The first-order chi connectivity index (χ1) is 17.6. The molecule has 2 spiro atoms. The number of piperidine rings is 1. The third kappa shape index (κ3) is 2.41. The Labute approximate surface area is 214 Å². The van der Waals surface area contributed by atoms with Gasteiger partial charge in [0.15, 0.2) is 11.5 Å². The van der Waals surface area contributed by atoms with Crippen molar-refractivity contribution in [3.63, 3.8) is 0 Å². The molecule has 36 heavy (non-hydrogen) atoms. The van der Waals surface area contributed by atoms with E-state index >= 15 is 0 Å². The van der Waals surface area contributed by atoms with Crippen molar-refractivity contribution in [2.75, 3.05) is 39.7 Å². The van der Waals surface area contributed by atoms with Crippen LogP contribution in [0, 0.1) is 11.3 Å². The predicted octanol–water partition coefficient (Wildman–Crippen LogP) is 5.13. The molecule has 1 saturated heterocycles. The van der Waals surface area contributed by atoms with Crippen molar-refractivity contribution in [2.45, 2.75) is 74.0 Å². The van der Waals surface area contributed by atoms with Gasteiger partial charge in [0.1, 0.15) is 11.7 Å². The summed E-state index contributed by atoms with van der Waals surface area (Å²) in [7, 11) is 5.72. The largest absolute Gasteiger partial charge is 0.493 e. The third-order valence-electron chi connectivity index (χ3n) is 11.5. The third-order valence-corrected chi connectivity index (χ3v) is 11.5.